The molecule has 0 fully saturated rings. The zero-order chi connectivity index (χ0) is 19.0. The summed E-state index contributed by atoms with van der Waals surface area (Å²) in [6.07, 6.45) is 0.594. The monoisotopic (exact) mass is 404 g/mol. The van der Waals surface area contributed by atoms with Gasteiger partial charge in [0.25, 0.3) is 0 Å². The summed E-state index contributed by atoms with van der Waals surface area (Å²) in [5, 5.41) is 9.95. The van der Waals surface area contributed by atoms with Crippen molar-refractivity contribution < 1.29 is 12.9 Å². The number of primary sulfonamides is 1. The number of rotatable bonds is 4. The van der Waals surface area contributed by atoms with Crippen molar-refractivity contribution in [1.29, 1.82) is 0 Å². The average molecular weight is 405 g/mol. The highest BCUT2D eigenvalue weighted by atomic mass is 35.5. The minimum absolute atomic E-state index is 0.209. The molecule has 140 valence electrons. The highest BCUT2D eigenvalue weighted by Gasteiger charge is 2.24. The van der Waals surface area contributed by atoms with Gasteiger partial charge >= 0.3 is 0 Å². The molecule has 7 nitrogen and oxygen atoms in total. The van der Waals surface area contributed by atoms with Gasteiger partial charge < -0.3 is 4.52 Å². The molecule has 0 bridgehead atoms. The van der Waals surface area contributed by atoms with Crippen molar-refractivity contribution in [3.8, 4) is 11.4 Å². The quantitative estimate of drug-likeness (QED) is 0.717. The van der Waals surface area contributed by atoms with E-state index in [9.17, 15) is 8.42 Å². The fraction of sp³-hybridized carbons (Fsp3) is 0.222. The van der Waals surface area contributed by atoms with Gasteiger partial charge in [0.05, 0.1) is 11.4 Å². The van der Waals surface area contributed by atoms with E-state index in [1.807, 2.05) is 18.2 Å². The third-order valence-corrected chi connectivity index (χ3v) is 5.75. The van der Waals surface area contributed by atoms with Crippen molar-refractivity contribution in [1.82, 2.24) is 15.0 Å². The summed E-state index contributed by atoms with van der Waals surface area (Å²) in [5.41, 5.74) is 2.53. The smallest absolute Gasteiger partial charge is 0.241 e. The Morgan fingerprint density at radius 3 is 2.81 bits per heavy atom. The molecule has 0 aliphatic carbocycles. The highest BCUT2D eigenvalue weighted by Crippen LogP contribution is 2.26. The number of hydrogen-bond acceptors (Lipinski definition) is 6. The fourth-order valence-corrected chi connectivity index (χ4v) is 4.32. The van der Waals surface area contributed by atoms with Crippen molar-refractivity contribution in [3.05, 3.63) is 64.5 Å². The van der Waals surface area contributed by atoms with Crippen LogP contribution >= 0.6 is 11.6 Å². The van der Waals surface area contributed by atoms with E-state index in [-0.39, 0.29) is 4.90 Å². The first-order valence-corrected chi connectivity index (χ1v) is 10.3. The number of halogens is 1. The van der Waals surface area contributed by atoms with Crippen molar-refractivity contribution in [3.63, 3.8) is 0 Å². The summed E-state index contributed by atoms with van der Waals surface area (Å²) in [6, 6.07) is 12.5. The Hall–Kier alpha value is -2.26. The lowest BCUT2D eigenvalue weighted by Crippen LogP contribution is -2.31. The van der Waals surface area contributed by atoms with Crippen LogP contribution in [0.25, 0.3) is 11.4 Å². The van der Waals surface area contributed by atoms with Gasteiger partial charge in [-0.25, -0.2) is 13.6 Å². The van der Waals surface area contributed by atoms with Crippen molar-refractivity contribution in [2.24, 2.45) is 5.14 Å². The predicted octanol–water partition coefficient (Wildman–Crippen LogP) is 2.60. The molecule has 1 aliphatic heterocycles. The highest BCUT2D eigenvalue weighted by molar-refractivity contribution is 7.89. The van der Waals surface area contributed by atoms with Crippen LogP contribution < -0.4 is 5.14 Å². The van der Waals surface area contributed by atoms with Gasteiger partial charge in [-0.2, -0.15) is 4.98 Å². The topological polar surface area (TPSA) is 102 Å². The molecule has 1 aromatic heterocycles. The Kier molecular flexibility index (Phi) is 4.73. The van der Waals surface area contributed by atoms with Gasteiger partial charge in [0.2, 0.25) is 21.7 Å². The second-order valence-electron chi connectivity index (χ2n) is 6.42. The number of nitrogens with two attached hydrogens (primary N) is 1. The molecule has 2 heterocycles. The van der Waals surface area contributed by atoms with Gasteiger partial charge in [-0.05, 0) is 35.7 Å². The summed E-state index contributed by atoms with van der Waals surface area (Å²) in [6.45, 7) is 1.74. The summed E-state index contributed by atoms with van der Waals surface area (Å²) in [7, 11) is -3.72. The molecule has 2 N–H and O–H groups in total. The fourth-order valence-electron chi connectivity index (χ4n) is 3.29. The Labute approximate surface area is 161 Å². The van der Waals surface area contributed by atoms with E-state index < -0.39 is 10.0 Å². The zero-order valence-electron chi connectivity index (χ0n) is 14.3. The number of fused-ring (bicyclic) bond motifs is 1. The molecule has 1 aliphatic rings. The maximum absolute atomic E-state index is 11.8. The van der Waals surface area contributed by atoms with E-state index in [1.54, 1.807) is 24.3 Å². The first-order chi connectivity index (χ1) is 12.9. The van der Waals surface area contributed by atoms with Gasteiger partial charge in [0, 0.05) is 23.7 Å². The normalized spacial score (nSPS) is 14.9. The van der Waals surface area contributed by atoms with Gasteiger partial charge in [0.15, 0.2) is 0 Å². The molecule has 0 unspecified atom stereocenters. The molecule has 4 rings (SSSR count). The van der Waals surface area contributed by atoms with Crippen LogP contribution in [-0.2, 0) is 29.5 Å². The molecule has 0 amide bonds. The average Bonchev–Trinajstić information content (AvgIpc) is 3.09. The molecule has 0 saturated heterocycles. The van der Waals surface area contributed by atoms with Crippen LogP contribution in [0.15, 0.2) is 51.9 Å². The molecule has 27 heavy (non-hydrogen) atoms. The Bertz CT molecular complexity index is 1100. The molecule has 2 aromatic carbocycles. The molecule has 3 aromatic rings. The maximum atomic E-state index is 11.8. The SMILES string of the molecule is NS(=O)(=O)c1cccc2c1CCN(Cc1nc(-c3cccc(Cl)c3)no1)C2. The third kappa shape index (κ3) is 3.89. The van der Waals surface area contributed by atoms with Crippen LogP contribution in [0, 0.1) is 0 Å². The molecular weight excluding hydrogens is 388 g/mol. The van der Waals surface area contributed by atoms with Crippen LogP contribution in [0.3, 0.4) is 0 Å². The largest absolute Gasteiger partial charge is 0.338 e. The van der Waals surface area contributed by atoms with Crippen LogP contribution in [-0.4, -0.2) is 30.0 Å². The standard InChI is InChI=1S/C18H17ClN4O3S/c19-14-5-1-3-12(9-14)18-21-17(26-22-18)11-23-8-7-15-13(10-23)4-2-6-16(15)27(20,24)25/h1-6,9H,7-8,10-11H2,(H2,20,24,25). The van der Waals surface area contributed by atoms with E-state index in [0.717, 1.165) is 16.7 Å². The van der Waals surface area contributed by atoms with Gasteiger partial charge in [-0.1, -0.05) is 41.0 Å². The molecule has 9 heteroatoms. The molecular formula is C18H17ClN4O3S. The number of benzene rings is 2. The molecule has 0 atom stereocenters. The number of sulfonamides is 1. The minimum Gasteiger partial charge on any atom is -0.338 e. The first kappa shape index (κ1) is 18.1. The summed E-state index contributed by atoms with van der Waals surface area (Å²) in [4.78, 5) is 6.77. The van der Waals surface area contributed by atoms with Gasteiger partial charge in [-0.15, -0.1) is 0 Å². The van der Waals surface area contributed by atoms with E-state index >= 15 is 0 Å². The van der Waals surface area contributed by atoms with Crippen LogP contribution in [0.4, 0.5) is 0 Å². The van der Waals surface area contributed by atoms with Crippen LogP contribution in [0.2, 0.25) is 5.02 Å². The molecule has 0 radical (unpaired) electrons. The summed E-state index contributed by atoms with van der Waals surface area (Å²) < 4.78 is 28.9. The Morgan fingerprint density at radius 2 is 2.04 bits per heavy atom. The van der Waals surface area contributed by atoms with Crippen molar-refractivity contribution in [2.75, 3.05) is 6.54 Å². The molecule has 0 saturated carbocycles. The zero-order valence-corrected chi connectivity index (χ0v) is 15.9. The maximum Gasteiger partial charge on any atom is 0.241 e. The lowest BCUT2D eigenvalue weighted by atomic mass is 10.00. The van der Waals surface area contributed by atoms with Gasteiger partial charge in [-0.3, -0.25) is 4.90 Å². The van der Waals surface area contributed by atoms with E-state index in [2.05, 4.69) is 15.0 Å². The second kappa shape index (κ2) is 7.05. The predicted molar refractivity (Wildman–Crippen MR) is 100 cm³/mol. The van der Waals surface area contributed by atoms with E-state index in [4.69, 9.17) is 21.3 Å². The number of aromatic nitrogens is 2. The Morgan fingerprint density at radius 1 is 1.22 bits per heavy atom. The van der Waals surface area contributed by atoms with Crippen LogP contribution in [0.5, 0.6) is 0 Å². The van der Waals surface area contributed by atoms with Gasteiger partial charge in [0.1, 0.15) is 0 Å². The first-order valence-electron chi connectivity index (χ1n) is 8.34. The number of nitrogens with zero attached hydrogens (tertiary/aromatic N) is 3. The lowest BCUT2D eigenvalue weighted by molar-refractivity contribution is 0.209. The van der Waals surface area contributed by atoms with Crippen molar-refractivity contribution in [2.45, 2.75) is 24.4 Å². The minimum atomic E-state index is -3.72. The summed E-state index contributed by atoms with van der Waals surface area (Å²) in [5.74, 6) is 0.984. The lowest BCUT2D eigenvalue weighted by Gasteiger charge is -2.28. The van der Waals surface area contributed by atoms with E-state index in [1.165, 1.54) is 0 Å². The molecule has 0 spiro atoms. The van der Waals surface area contributed by atoms with E-state index in [0.29, 0.717) is 42.8 Å². The third-order valence-electron chi connectivity index (χ3n) is 4.52. The number of hydrogen-bond donors (Lipinski definition) is 1. The van der Waals surface area contributed by atoms with Crippen molar-refractivity contribution >= 4 is 21.6 Å². The summed E-state index contributed by atoms with van der Waals surface area (Å²) >= 11 is 6.00. The Balaban J connectivity index is 1.51. The van der Waals surface area contributed by atoms with Crippen LogP contribution in [0.1, 0.15) is 17.0 Å². The second-order valence-corrected chi connectivity index (χ2v) is 8.39.